The Bertz CT molecular complexity index is 721. The summed E-state index contributed by atoms with van der Waals surface area (Å²) in [6.07, 6.45) is 2.12. The summed E-state index contributed by atoms with van der Waals surface area (Å²) in [5.41, 5.74) is -0.379. The van der Waals surface area contributed by atoms with Crippen molar-refractivity contribution in [2.75, 3.05) is 5.32 Å². The molecular formula is C12H8BrN3O4. The molecule has 1 aromatic heterocycles. The Hall–Kier alpha value is -2.48. The summed E-state index contributed by atoms with van der Waals surface area (Å²) in [7, 11) is 0. The first-order valence-electron chi connectivity index (χ1n) is 5.36. The van der Waals surface area contributed by atoms with Crippen molar-refractivity contribution in [1.29, 1.82) is 0 Å². The van der Waals surface area contributed by atoms with Gasteiger partial charge < -0.3 is 15.4 Å². The summed E-state index contributed by atoms with van der Waals surface area (Å²) in [5, 5.41) is 11.5. The van der Waals surface area contributed by atoms with Crippen molar-refractivity contribution in [3.63, 3.8) is 0 Å². The number of nitrogens with one attached hydrogen (secondary N) is 2. The first kappa shape index (κ1) is 13.9. The highest BCUT2D eigenvalue weighted by atomic mass is 79.9. The highest BCUT2D eigenvalue weighted by molar-refractivity contribution is 9.10. The van der Waals surface area contributed by atoms with Gasteiger partial charge in [-0.1, -0.05) is 15.9 Å². The van der Waals surface area contributed by atoms with Crippen LogP contribution in [-0.2, 0) is 0 Å². The molecule has 0 fully saturated rings. The molecule has 0 aliphatic carbocycles. The number of carbonyl (C=O) groups excluding carboxylic acids is 1. The lowest BCUT2D eigenvalue weighted by Crippen LogP contribution is -2.18. The highest BCUT2D eigenvalue weighted by Gasteiger charge is 2.14. The zero-order chi connectivity index (χ0) is 14.7. The highest BCUT2D eigenvalue weighted by Crippen LogP contribution is 2.21. The molecule has 0 aliphatic rings. The third kappa shape index (κ3) is 3.09. The van der Waals surface area contributed by atoms with E-state index < -0.39 is 17.4 Å². The fourth-order valence-electron chi connectivity index (χ4n) is 1.46. The van der Waals surface area contributed by atoms with Gasteiger partial charge in [0.15, 0.2) is 0 Å². The first-order valence-corrected chi connectivity index (χ1v) is 6.15. The van der Waals surface area contributed by atoms with E-state index in [-0.39, 0.29) is 16.9 Å². The number of halogens is 1. The molecule has 1 aromatic carbocycles. The van der Waals surface area contributed by atoms with Crippen LogP contribution in [-0.4, -0.2) is 27.0 Å². The fraction of sp³-hybridized carbons (Fsp3) is 0. The van der Waals surface area contributed by atoms with Gasteiger partial charge in [0.1, 0.15) is 5.69 Å². The lowest BCUT2D eigenvalue weighted by Gasteiger charge is -2.08. The lowest BCUT2D eigenvalue weighted by atomic mass is 10.2. The molecule has 0 saturated carbocycles. The molecule has 3 N–H and O–H groups in total. The van der Waals surface area contributed by atoms with Gasteiger partial charge >= 0.3 is 5.97 Å². The largest absolute Gasteiger partial charge is 0.478 e. The number of carbonyl (C=O) groups is 2. The SMILES string of the molecule is O=C(Nc1ccc(Br)cc1C(=O)O)c1c[nH]c(=O)cn1. The monoisotopic (exact) mass is 337 g/mol. The Kier molecular flexibility index (Phi) is 3.94. The van der Waals surface area contributed by atoms with Crippen LogP contribution in [0.15, 0.2) is 39.9 Å². The predicted molar refractivity (Wildman–Crippen MR) is 73.9 cm³/mol. The maximum Gasteiger partial charge on any atom is 0.337 e. The Balaban J connectivity index is 2.30. The van der Waals surface area contributed by atoms with E-state index in [1.165, 1.54) is 12.1 Å². The molecule has 7 nitrogen and oxygen atoms in total. The Morgan fingerprint density at radius 2 is 2.10 bits per heavy atom. The zero-order valence-corrected chi connectivity index (χ0v) is 11.5. The van der Waals surface area contributed by atoms with E-state index in [1.807, 2.05) is 0 Å². The number of nitrogens with zero attached hydrogens (tertiary/aromatic N) is 1. The van der Waals surface area contributed by atoms with Crippen LogP contribution < -0.4 is 10.9 Å². The van der Waals surface area contributed by atoms with Crippen LogP contribution in [0.5, 0.6) is 0 Å². The number of amides is 1. The minimum absolute atomic E-state index is 0.0242. The predicted octanol–water partition coefficient (Wildman–Crippen LogP) is 1.48. The summed E-state index contributed by atoms with van der Waals surface area (Å²) in [5.74, 6) is -1.79. The molecule has 8 heteroatoms. The second-order valence-corrected chi connectivity index (χ2v) is 4.66. The number of anilines is 1. The van der Waals surface area contributed by atoms with Crippen molar-refractivity contribution in [3.05, 3.63) is 56.7 Å². The molecule has 0 radical (unpaired) electrons. The van der Waals surface area contributed by atoms with Crippen LogP contribution >= 0.6 is 15.9 Å². The minimum atomic E-state index is -1.17. The van der Waals surface area contributed by atoms with Crippen LogP contribution in [0.25, 0.3) is 0 Å². The third-order valence-electron chi connectivity index (χ3n) is 2.36. The van der Waals surface area contributed by atoms with Crippen molar-refractivity contribution < 1.29 is 14.7 Å². The molecule has 1 heterocycles. The smallest absolute Gasteiger partial charge is 0.337 e. The van der Waals surface area contributed by atoms with Crippen molar-refractivity contribution in [3.8, 4) is 0 Å². The van der Waals surface area contributed by atoms with E-state index >= 15 is 0 Å². The molecule has 0 saturated heterocycles. The minimum Gasteiger partial charge on any atom is -0.478 e. The van der Waals surface area contributed by atoms with Gasteiger partial charge in [0.25, 0.3) is 11.5 Å². The standard InChI is InChI=1S/C12H8BrN3O4/c13-6-1-2-8(7(3-6)12(19)20)16-11(18)9-4-15-10(17)5-14-9/h1-5H,(H,15,17)(H,16,18)(H,19,20). The summed E-state index contributed by atoms with van der Waals surface area (Å²) >= 11 is 3.16. The topological polar surface area (TPSA) is 112 Å². The number of benzene rings is 1. The number of aromatic carboxylic acids is 1. The number of hydrogen-bond acceptors (Lipinski definition) is 4. The van der Waals surface area contributed by atoms with Crippen molar-refractivity contribution in [2.24, 2.45) is 0 Å². The van der Waals surface area contributed by atoms with Gasteiger partial charge in [-0.15, -0.1) is 0 Å². The summed E-state index contributed by atoms with van der Waals surface area (Å²) in [4.78, 5) is 39.8. The van der Waals surface area contributed by atoms with Crippen LogP contribution in [0.1, 0.15) is 20.8 Å². The number of carboxylic acid groups (broad SMARTS) is 1. The summed E-state index contributed by atoms with van der Waals surface area (Å²) in [6.45, 7) is 0. The van der Waals surface area contributed by atoms with E-state index in [0.29, 0.717) is 4.47 Å². The second kappa shape index (κ2) is 5.66. The van der Waals surface area contributed by atoms with Crippen molar-refractivity contribution in [1.82, 2.24) is 9.97 Å². The Morgan fingerprint density at radius 1 is 1.35 bits per heavy atom. The average Bonchev–Trinajstić information content (AvgIpc) is 2.41. The quantitative estimate of drug-likeness (QED) is 0.785. The number of rotatable bonds is 3. The Labute approximate surface area is 120 Å². The van der Waals surface area contributed by atoms with E-state index in [2.05, 4.69) is 31.2 Å². The molecule has 0 atom stereocenters. The molecule has 0 spiro atoms. The molecule has 0 unspecified atom stereocenters. The van der Waals surface area contributed by atoms with E-state index in [1.54, 1.807) is 6.07 Å². The van der Waals surface area contributed by atoms with E-state index in [0.717, 1.165) is 12.4 Å². The summed E-state index contributed by atoms with van der Waals surface area (Å²) < 4.78 is 0.579. The fourth-order valence-corrected chi connectivity index (χ4v) is 1.82. The van der Waals surface area contributed by atoms with Gasteiger partial charge in [0.2, 0.25) is 0 Å². The number of aromatic amines is 1. The number of hydrogen-bond donors (Lipinski definition) is 3. The third-order valence-corrected chi connectivity index (χ3v) is 2.86. The maximum atomic E-state index is 11.9. The van der Waals surface area contributed by atoms with E-state index in [4.69, 9.17) is 5.11 Å². The van der Waals surface area contributed by atoms with Crippen LogP contribution in [0.2, 0.25) is 0 Å². The second-order valence-electron chi connectivity index (χ2n) is 3.75. The van der Waals surface area contributed by atoms with E-state index in [9.17, 15) is 14.4 Å². The van der Waals surface area contributed by atoms with Gasteiger partial charge in [0, 0.05) is 10.7 Å². The zero-order valence-electron chi connectivity index (χ0n) is 9.88. The van der Waals surface area contributed by atoms with Gasteiger partial charge in [0.05, 0.1) is 17.4 Å². The maximum absolute atomic E-state index is 11.9. The summed E-state index contributed by atoms with van der Waals surface area (Å²) in [6, 6.07) is 4.43. The average molecular weight is 338 g/mol. The number of aromatic nitrogens is 2. The number of H-pyrrole nitrogens is 1. The normalized spacial score (nSPS) is 10.1. The van der Waals surface area contributed by atoms with Gasteiger partial charge in [-0.2, -0.15) is 0 Å². The Morgan fingerprint density at radius 3 is 2.70 bits per heavy atom. The van der Waals surface area contributed by atoms with Gasteiger partial charge in [-0.3, -0.25) is 9.59 Å². The first-order chi connectivity index (χ1) is 9.47. The molecule has 0 bridgehead atoms. The van der Waals surface area contributed by atoms with Crippen LogP contribution in [0, 0.1) is 0 Å². The molecule has 102 valence electrons. The van der Waals surface area contributed by atoms with Gasteiger partial charge in [-0.25, -0.2) is 9.78 Å². The molecule has 20 heavy (non-hydrogen) atoms. The van der Waals surface area contributed by atoms with Crippen molar-refractivity contribution >= 4 is 33.5 Å². The molecule has 1 amide bonds. The van der Waals surface area contributed by atoms with Crippen molar-refractivity contribution in [2.45, 2.75) is 0 Å². The molecule has 0 aliphatic heterocycles. The van der Waals surface area contributed by atoms with Crippen LogP contribution in [0.4, 0.5) is 5.69 Å². The molecule has 2 rings (SSSR count). The number of carboxylic acids is 1. The lowest BCUT2D eigenvalue weighted by molar-refractivity contribution is 0.0698. The molecule has 2 aromatic rings. The van der Waals surface area contributed by atoms with Crippen LogP contribution in [0.3, 0.4) is 0 Å². The molecular weight excluding hydrogens is 330 g/mol. The van der Waals surface area contributed by atoms with Gasteiger partial charge in [-0.05, 0) is 18.2 Å².